The van der Waals surface area contributed by atoms with Crippen LogP contribution in [0, 0.1) is 5.82 Å². The zero-order valence-electron chi connectivity index (χ0n) is 20.1. The van der Waals surface area contributed by atoms with Crippen LogP contribution in [0.3, 0.4) is 0 Å². The predicted molar refractivity (Wildman–Crippen MR) is 139 cm³/mol. The molecule has 0 bridgehead atoms. The molecule has 1 aromatic heterocycles. The van der Waals surface area contributed by atoms with Gasteiger partial charge in [0.2, 0.25) is 5.43 Å². The van der Waals surface area contributed by atoms with Gasteiger partial charge in [0.1, 0.15) is 17.1 Å². The van der Waals surface area contributed by atoms with Gasteiger partial charge in [-0.05, 0) is 67.9 Å². The molecule has 1 unspecified atom stereocenters. The lowest BCUT2D eigenvalue weighted by molar-refractivity contribution is 0.0689. The minimum absolute atomic E-state index is 0.0155. The van der Waals surface area contributed by atoms with Crippen molar-refractivity contribution in [2.45, 2.75) is 55.5 Å². The first kappa shape index (κ1) is 23.2. The van der Waals surface area contributed by atoms with Crippen LogP contribution in [0.2, 0.25) is 0 Å². The van der Waals surface area contributed by atoms with E-state index in [0.717, 1.165) is 43.4 Å². The van der Waals surface area contributed by atoms with Crippen LogP contribution in [0.1, 0.15) is 48.0 Å². The number of carboxylic acid groups (broad SMARTS) is 1. The zero-order chi connectivity index (χ0) is 25.0. The number of benzene rings is 2. The second kappa shape index (κ2) is 9.00. The number of rotatable bonds is 5. The first-order valence-corrected chi connectivity index (χ1v) is 13.3. The molecule has 0 saturated heterocycles. The molecule has 0 spiro atoms. The molecule has 1 aliphatic carbocycles. The molecule has 0 fully saturated rings. The predicted octanol–water partition coefficient (Wildman–Crippen LogP) is 5.60. The average Bonchev–Trinajstić information content (AvgIpc) is 2.86. The van der Waals surface area contributed by atoms with E-state index in [4.69, 9.17) is 4.74 Å². The number of anilines is 1. The van der Waals surface area contributed by atoms with Crippen molar-refractivity contribution in [2.24, 2.45) is 0 Å². The quantitative estimate of drug-likeness (QED) is 0.454. The summed E-state index contributed by atoms with van der Waals surface area (Å²) in [5.74, 6) is -0.320. The van der Waals surface area contributed by atoms with E-state index in [1.807, 2.05) is 12.1 Å². The standard InChI is InChI=1S/C28H27FN2O4S/c1-35-18-8-6-16(7-9-18)12-22-19-5-3-2-4-17(19)10-11-30(22)24-13-20-23(14-21(24)29)31-15-36-27(31)25(26(20)32)28(33)34/h6-9,13-14,22H,2-5,10-12,15H2,1H3,(H,33,34). The van der Waals surface area contributed by atoms with Gasteiger partial charge in [-0.25, -0.2) is 9.18 Å². The number of pyridine rings is 1. The summed E-state index contributed by atoms with van der Waals surface area (Å²) < 4.78 is 22.8. The van der Waals surface area contributed by atoms with E-state index in [9.17, 15) is 14.7 Å². The first-order valence-electron chi connectivity index (χ1n) is 12.3. The number of halogens is 1. The molecule has 3 heterocycles. The maximum atomic E-state index is 15.8. The Hall–Kier alpha value is -3.26. The molecule has 0 amide bonds. The molecule has 2 aromatic carbocycles. The van der Waals surface area contributed by atoms with Crippen molar-refractivity contribution in [3.63, 3.8) is 0 Å². The van der Waals surface area contributed by atoms with E-state index in [1.165, 1.54) is 35.4 Å². The molecule has 3 aromatic rings. The Balaban J connectivity index is 1.47. The van der Waals surface area contributed by atoms with Crippen molar-refractivity contribution in [3.05, 3.63) is 74.7 Å². The third-order valence-electron chi connectivity index (χ3n) is 7.79. The highest BCUT2D eigenvalue weighted by molar-refractivity contribution is 7.99. The summed E-state index contributed by atoms with van der Waals surface area (Å²) in [6, 6.07) is 11.0. The summed E-state index contributed by atoms with van der Waals surface area (Å²) >= 11 is 1.30. The molecule has 36 heavy (non-hydrogen) atoms. The lowest BCUT2D eigenvalue weighted by Crippen LogP contribution is -2.44. The highest BCUT2D eigenvalue weighted by atomic mass is 32.2. The molecule has 2 aliphatic heterocycles. The fourth-order valence-electron chi connectivity index (χ4n) is 5.96. The van der Waals surface area contributed by atoms with Crippen LogP contribution >= 0.6 is 11.8 Å². The fraction of sp³-hybridized carbons (Fsp3) is 0.357. The third-order valence-corrected chi connectivity index (χ3v) is 8.88. The number of aromatic nitrogens is 1. The van der Waals surface area contributed by atoms with Crippen LogP contribution in [-0.2, 0) is 12.3 Å². The van der Waals surface area contributed by atoms with Crippen molar-refractivity contribution >= 4 is 34.3 Å². The first-order chi connectivity index (χ1) is 17.5. The number of carboxylic acids is 1. The minimum atomic E-state index is -1.24. The second-order valence-corrected chi connectivity index (χ2v) is 10.6. The summed E-state index contributed by atoms with van der Waals surface area (Å²) in [5, 5.41) is 10.3. The highest BCUT2D eigenvalue weighted by Crippen LogP contribution is 2.41. The van der Waals surface area contributed by atoms with Gasteiger partial charge >= 0.3 is 5.97 Å². The number of nitrogens with zero attached hydrogens (tertiary/aromatic N) is 2. The molecule has 0 radical (unpaired) electrons. The molecule has 1 N–H and O–H groups in total. The van der Waals surface area contributed by atoms with E-state index >= 15 is 4.39 Å². The van der Waals surface area contributed by atoms with E-state index < -0.39 is 11.4 Å². The smallest absolute Gasteiger partial charge is 0.342 e. The number of hydrogen-bond acceptors (Lipinski definition) is 5. The SMILES string of the molecule is COc1ccc(CC2C3=C(CCCC3)CCN2c2cc3c(=O)c(C(=O)O)c4n(c3cc2F)CS4)cc1. The molecular weight excluding hydrogens is 479 g/mol. The van der Waals surface area contributed by atoms with Crippen LogP contribution < -0.4 is 15.1 Å². The number of aromatic carboxylic acids is 1. The molecule has 186 valence electrons. The molecule has 6 nitrogen and oxygen atoms in total. The topological polar surface area (TPSA) is 71.8 Å². The normalized spacial score (nSPS) is 19.1. The lowest BCUT2D eigenvalue weighted by Gasteiger charge is -2.43. The number of carbonyl (C=O) groups is 1. The van der Waals surface area contributed by atoms with E-state index in [-0.39, 0.29) is 22.8 Å². The van der Waals surface area contributed by atoms with Crippen LogP contribution in [0.5, 0.6) is 5.75 Å². The number of fused-ring (bicyclic) bond motifs is 3. The van der Waals surface area contributed by atoms with E-state index in [2.05, 4.69) is 17.0 Å². The van der Waals surface area contributed by atoms with Crippen molar-refractivity contribution in [2.75, 3.05) is 18.6 Å². The fourth-order valence-corrected chi connectivity index (χ4v) is 6.91. The van der Waals surface area contributed by atoms with Crippen molar-refractivity contribution in [3.8, 4) is 5.75 Å². The maximum absolute atomic E-state index is 15.8. The largest absolute Gasteiger partial charge is 0.497 e. The Bertz CT molecular complexity index is 1480. The highest BCUT2D eigenvalue weighted by Gasteiger charge is 2.34. The Kier molecular flexibility index (Phi) is 5.79. The van der Waals surface area contributed by atoms with Crippen molar-refractivity contribution in [1.29, 1.82) is 0 Å². The van der Waals surface area contributed by atoms with Crippen molar-refractivity contribution < 1.29 is 19.0 Å². The van der Waals surface area contributed by atoms with Gasteiger partial charge in [0.05, 0.1) is 35.3 Å². The van der Waals surface area contributed by atoms with Crippen LogP contribution in [0.15, 0.2) is 57.4 Å². The Morgan fingerprint density at radius 3 is 2.64 bits per heavy atom. The Morgan fingerprint density at radius 2 is 1.94 bits per heavy atom. The zero-order valence-corrected chi connectivity index (χ0v) is 20.9. The summed E-state index contributed by atoms with van der Waals surface area (Å²) in [7, 11) is 1.64. The monoisotopic (exact) mass is 506 g/mol. The molecule has 6 rings (SSSR count). The molecule has 8 heteroatoms. The minimum Gasteiger partial charge on any atom is -0.497 e. The number of methoxy groups -OCH3 is 1. The number of hydrogen-bond donors (Lipinski definition) is 1. The Morgan fingerprint density at radius 1 is 1.17 bits per heavy atom. The van der Waals surface area contributed by atoms with Crippen LogP contribution in [0.4, 0.5) is 10.1 Å². The molecule has 0 saturated carbocycles. The third kappa shape index (κ3) is 3.70. The second-order valence-electron chi connectivity index (χ2n) is 9.68. The maximum Gasteiger partial charge on any atom is 0.342 e. The van der Waals surface area contributed by atoms with Gasteiger partial charge in [0.15, 0.2) is 0 Å². The van der Waals surface area contributed by atoms with Crippen LogP contribution in [0.25, 0.3) is 10.9 Å². The van der Waals surface area contributed by atoms with Gasteiger partial charge in [-0.2, -0.15) is 0 Å². The lowest BCUT2D eigenvalue weighted by atomic mass is 9.80. The van der Waals surface area contributed by atoms with Gasteiger partial charge < -0.3 is 19.3 Å². The number of ether oxygens (including phenoxy) is 1. The van der Waals surface area contributed by atoms with Gasteiger partial charge in [-0.3, -0.25) is 4.79 Å². The van der Waals surface area contributed by atoms with Gasteiger partial charge in [-0.1, -0.05) is 29.5 Å². The Labute approximate surface area is 212 Å². The van der Waals surface area contributed by atoms with Gasteiger partial charge in [0.25, 0.3) is 0 Å². The van der Waals surface area contributed by atoms with E-state index in [0.29, 0.717) is 28.7 Å². The summed E-state index contributed by atoms with van der Waals surface area (Å²) in [6.07, 6.45) is 6.01. The summed E-state index contributed by atoms with van der Waals surface area (Å²) in [4.78, 5) is 27.2. The molecule has 1 atom stereocenters. The molecule has 3 aliphatic rings. The summed E-state index contributed by atoms with van der Waals surface area (Å²) in [5.41, 5.74) is 4.09. The van der Waals surface area contributed by atoms with Gasteiger partial charge in [0, 0.05) is 18.0 Å². The van der Waals surface area contributed by atoms with Gasteiger partial charge in [-0.15, -0.1) is 0 Å². The number of thioether (sulfide) groups is 1. The van der Waals surface area contributed by atoms with Crippen LogP contribution in [-0.4, -0.2) is 35.3 Å². The molecular formula is C28H27FN2O4S. The summed E-state index contributed by atoms with van der Waals surface area (Å²) in [6.45, 7) is 0.663. The van der Waals surface area contributed by atoms with Crippen molar-refractivity contribution in [1.82, 2.24) is 4.57 Å². The van der Waals surface area contributed by atoms with E-state index in [1.54, 1.807) is 17.7 Å². The average molecular weight is 507 g/mol.